The van der Waals surface area contributed by atoms with Crippen LogP contribution in [-0.4, -0.2) is 16.5 Å². The molecule has 1 heterocycles. The number of hydrogen-bond donors (Lipinski definition) is 1. The maximum atomic E-state index is 8.60. The maximum absolute atomic E-state index is 8.60. The molecule has 0 bridgehead atoms. The van der Waals surface area contributed by atoms with Gasteiger partial charge in [0.25, 0.3) is 0 Å². The van der Waals surface area contributed by atoms with Crippen LogP contribution in [0.25, 0.3) is 0 Å². The Morgan fingerprint density at radius 3 is 2.74 bits per heavy atom. The van der Waals surface area contributed by atoms with E-state index in [1.165, 1.54) is 0 Å². The Labute approximate surface area is 111 Å². The first-order valence-electron chi connectivity index (χ1n) is 6.02. The second-order valence-electron chi connectivity index (χ2n) is 3.83. The summed E-state index contributed by atoms with van der Waals surface area (Å²) in [6.45, 7) is 2.73. The molecule has 1 N–H and O–H groups in total. The van der Waals surface area contributed by atoms with Crippen LogP contribution in [0.2, 0.25) is 0 Å². The lowest BCUT2D eigenvalue weighted by Crippen LogP contribution is -2.02. The molecule has 0 unspecified atom stereocenters. The van der Waals surface area contributed by atoms with Crippen LogP contribution in [0.15, 0.2) is 36.5 Å². The third-order valence-corrected chi connectivity index (χ3v) is 2.39. The first kappa shape index (κ1) is 12.8. The summed E-state index contributed by atoms with van der Waals surface area (Å²) in [4.78, 5) is 8.29. The number of nitrogens with one attached hydrogen (secondary N) is 1. The molecule has 0 amide bonds. The van der Waals surface area contributed by atoms with Crippen molar-refractivity contribution in [3.05, 3.63) is 42.1 Å². The van der Waals surface area contributed by atoms with Crippen molar-refractivity contribution in [1.29, 1.82) is 5.26 Å². The zero-order chi connectivity index (χ0) is 13.5. The highest BCUT2D eigenvalue weighted by molar-refractivity contribution is 5.33. The minimum Gasteiger partial charge on any atom is -0.439 e. The van der Waals surface area contributed by atoms with Crippen LogP contribution in [0.3, 0.4) is 0 Å². The van der Waals surface area contributed by atoms with Gasteiger partial charge in [-0.1, -0.05) is 12.1 Å². The smallest absolute Gasteiger partial charge is 0.225 e. The zero-order valence-electron chi connectivity index (χ0n) is 10.6. The molecular formula is C14H14N4O. The molecule has 5 heteroatoms. The van der Waals surface area contributed by atoms with Crippen molar-refractivity contribution >= 4 is 5.95 Å². The molecule has 0 fully saturated rings. The summed E-state index contributed by atoms with van der Waals surface area (Å²) in [6, 6.07) is 11.2. The van der Waals surface area contributed by atoms with E-state index in [1.807, 2.05) is 31.2 Å². The Morgan fingerprint density at radius 1 is 1.26 bits per heavy atom. The number of rotatable bonds is 5. The van der Waals surface area contributed by atoms with Gasteiger partial charge in [0.05, 0.1) is 12.5 Å². The molecule has 19 heavy (non-hydrogen) atoms. The number of aromatic nitrogens is 2. The standard InChI is InChI=1S/C14H14N4O/c1-2-16-14-17-10-8-13(18-14)19-12-5-3-11(4-6-12)7-9-15/h3-6,8,10H,2,7H2,1H3,(H,16,17,18). The summed E-state index contributed by atoms with van der Waals surface area (Å²) in [5.74, 6) is 1.71. The molecule has 0 saturated heterocycles. The maximum Gasteiger partial charge on any atom is 0.225 e. The average Bonchev–Trinajstić information content (AvgIpc) is 2.42. The number of nitrogens with zero attached hydrogens (tertiary/aromatic N) is 3. The number of anilines is 1. The number of ether oxygens (including phenoxy) is 1. The lowest BCUT2D eigenvalue weighted by atomic mass is 10.2. The molecule has 2 aromatic rings. The largest absolute Gasteiger partial charge is 0.439 e. The van der Waals surface area contributed by atoms with Gasteiger partial charge in [0.1, 0.15) is 5.75 Å². The molecule has 0 spiro atoms. The van der Waals surface area contributed by atoms with Gasteiger partial charge in [-0.05, 0) is 24.6 Å². The topological polar surface area (TPSA) is 70.8 Å². The Kier molecular flexibility index (Phi) is 4.29. The highest BCUT2D eigenvalue weighted by Gasteiger charge is 2.01. The van der Waals surface area contributed by atoms with Crippen LogP contribution < -0.4 is 10.1 Å². The Hall–Kier alpha value is -2.61. The van der Waals surface area contributed by atoms with Crippen molar-refractivity contribution in [2.75, 3.05) is 11.9 Å². The van der Waals surface area contributed by atoms with Crippen LogP contribution in [0.1, 0.15) is 12.5 Å². The van der Waals surface area contributed by atoms with Gasteiger partial charge < -0.3 is 10.1 Å². The molecule has 0 atom stereocenters. The van der Waals surface area contributed by atoms with E-state index in [0.717, 1.165) is 12.1 Å². The first-order valence-corrected chi connectivity index (χ1v) is 6.02. The van der Waals surface area contributed by atoms with Crippen LogP contribution >= 0.6 is 0 Å². The van der Waals surface area contributed by atoms with E-state index in [-0.39, 0.29) is 0 Å². The van der Waals surface area contributed by atoms with Gasteiger partial charge in [0.2, 0.25) is 11.8 Å². The van der Waals surface area contributed by atoms with E-state index in [1.54, 1.807) is 12.3 Å². The van der Waals surface area contributed by atoms with Crippen molar-refractivity contribution < 1.29 is 4.74 Å². The van der Waals surface area contributed by atoms with Crippen LogP contribution in [0, 0.1) is 11.3 Å². The highest BCUT2D eigenvalue weighted by Crippen LogP contribution is 2.20. The summed E-state index contributed by atoms with van der Waals surface area (Å²) in [6.07, 6.45) is 2.04. The fourth-order valence-corrected chi connectivity index (χ4v) is 1.53. The van der Waals surface area contributed by atoms with Crippen LogP contribution in [0.4, 0.5) is 5.95 Å². The van der Waals surface area contributed by atoms with E-state index >= 15 is 0 Å². The molecule has 96 valence electrons. The molecule has 1 aromatic carbocycles. The highest BCUT2D eigenvalue weighted by atomic mass is 16.5. The number of hydrogen-bond acceptors (Lipinski definition) is 5. The third-order valence-electron chi connectivity index (χ3n) is 2.39. The molecule has 0 aliphatic rings. The van der Waals surface area contributed by atoms with Gasteiger partial charge in [-0.2, -0.15) is 10.2 Å². The SMILES string of the molecule is CCNc1nccc(Oc2ccc(CC#N)cc2)n1. The van der Waals surface area contributed by atoms with Gasteiger partial charge in [0.15, 0.2) is 0 Å². The van der Waals surface area contributed by atoms with E-state index in [4.69, 9.17) is 10.00 Å². The van der Waals surface area contributed by atoms with Crippen molar-refractivity contribution in [3.63, 3.8) is 0 Å². The molecule has 5 nitrogen and oxygen atoms in total. The predicted molar refractivity (Wildman–Crippen MR) is 72.0 cm³/mol. The molecule has 0 saturated carbocycles. The zero-order valence-corrected chi connectivity index (χ0v) is 10.6. The average molecular weight is 254 g/mol. The van der Waals surface area contributed by atoms with Crippen molar-refractivity contribution in [1.82, 2.24) is 9.97 Å². The van der Waals surface area contributed by atoms with Crippen molar-refractivity contribution in [3.8, 4) is 17.7 Å². The van der Waals surface area contributed by atoms with Gasteiger partial charge in [-0.3, -0.25) is 0 Å². The Bertz CT molecular complexity index is 575. The first-order chi connectivity index (χ1) is 9.31. The third kappa shape index (κ3) is 3.68. The summed E-state index contributed by atoms with van der Waals surface area (Å²) in [7, 11) is 0. The van der Waals surface area contributed by atoms with E-state index in [0.29, 0.717) is 24.0 Å². The van der Waals surface area contributed by atoms with E-state index in [9.17, 15) is 0 Å². The minimum atomic E-state index is 0.401. The van der Waals surface area contributed by atoms with Gasteiger partial charge in [-0.15, -0.1) is 0 Å². The Morgan fingerprint density at radius 2 is 2.05 bits per heavy atom. The molecule has 0 aliphatic heterocycles. The molecule has 1 aromatic heterocycles. The second kappa shape index (κ2) is 6.36. The predicted octanol–water partition coefficient (Wildman–Crippen LogP) is 2.77. The fourth-order valence-electron chi connectivity index (χ4n) is 1.53. The monoisotopic (exact) mass is 254 g/mol. The number of nitriles is 1. The van der Waals surface area contributed by atoms with Crippen LogP contribution in [0.5, 0.6) is 11.6 Å². The van der Waals surface area contributed by atoms with E-state index in [2.05, 4.69) is 21.4 Å². The van der Waals surface area contributed by atoms with Gasteiger partial charge >= 0.3 is 0 Å². The Balaban J connectivity index is 2.08. The summed E-state index contributed by atoms with van der Waals surface area (Å²) >= 11 is 0. The van der Waals surface area contributed by atoms with Crippen molar-refractivity contribution in [2.24, 2.45) is 0 Å². The lowest BCUT2D eigenvalue weighted by Gasteiger charge is -2.06. The molecular weight excluding hydrogens is 240 g/mol. The van der Waals surface area contributed by atoms with Gasteiger partial charge in [-0.25, -0.2) is 4.98 Å². The summed E-state index contributed by atoms with van der Waals surface area (Å²) in [5.41, 5.74) is 0.964. The lowest BCUT2D eigenvalue weighted by molar-refractivity contribution is 0.462. The summed E-state index contributed by atoms with van der Waals surface area (Å²) in [5, 5.41) is 11.6. The van der Waals surface area contributed by atoms with Gasteiger partial charge in [0, 0.05) is 18.8 Å². The second-order valence-corrected chi connectivity index (χ2v) is 3.83. The van der Waals surface area contributed by atoms with E-state index < -0.39 is 0 Å². The number of benzene rings is 1. The fraction of sp³-hybridized carbons (Fsp3) is 0.214. The van der Waals surface area contributed by atoms with Crippen molar-refractivity contribution in [2.45, 2.75) is 13.3 Å². The molecule has 0 aliphatic carbocycles. The minimum absolute atomic E-state index is 0.401. The molecule has 2 rings (SSSR count). The quantitative estimate of drug-likeness (QED) is 0.888. The van der Waals surface area contributed by atoms with Crippen LogP contribution in [-0.2, 0) is 6.42 Å². The molecule has 0 radical (unpaired) electrons. The summed E-state index contributed by atoms with van der Waals surface area (Å²) < 4.78 is 5.62. The normalized spacial score (nSPS) is 9.68.